The van der Waals surface area contributed by atoms with Crippen molar-refractivity contribution in [2.75, 3.05) is 5.32 Å². The fourth-order valence-corrected chi connectivity index (χ4v) is 3.69. The van der Waals surface area contributed by atoms with E-state index in [9.17, 15) is 10.2 Å². The van der Waals surface area contributed by atoms with Gasteiger partial charge in [-0.25, -0.2) is 4.98 Å². The molecule has 142 valence electrons. The van der Waals surface area contributed by atoms with Crippen molar-refractivity contribution < 1.29 is 10.2 Å². The van der Waals surface area contributed by atoms with E-state index in [1.165, 1.54) is 0 Å². The van der Waals surface area contributed by atoms with Gasteiger partial charge in [0, 0.05) is 30.5 Å². The van der Waals surface area contributed by atoms with Crippen LogP contribution < -0.4 is 5.32 Å². The molecule has 1 saturated carbocycles. The molecule has 1 fully saturated rings. The summed E-state index contributed by atoms with van der Waals surface area (Å²) in [6.45, 7) is 5.37. The number of anilines is 1. The maximum absolute atomic E-state index is 10.3. The molecule has 2 heterocycles. The Kier molecular flexibility index (Phi) is 5.03. The first-order valence-corrected chi connectivity index (χ1v) is 9.35. The number of aliphatic hydroxyl groups is 2. The fraction of sp³-hybridized carbons (Fsp3) is 0.579. The van der Waals surface area contributed by atoms with E-state index in [4.69, 9.17) is 11.6 Å². The van der Waals surface area contributed by atoms with Gasteiger partial charge in [0.05, 0.1) is 17.0 Å². The Balaban J connectivity index is 1.90. The summed E-state index contributed by atoms with van der Waals surface area (Å²) in [4.78, 5) is 4.21. The minimum absolute atomic E-state index is 0.268. The molecule has 7 heteroatoms. The second kappa shape index (κ2) is 6.83. The molecule has 0 bridgehead atoms. The Labute approximate surface area is 159 Å². The van der Waals surface area contributed by atoms with Crippen molar-refractivity contribution in [1.82, 2.24) is 14.8 Å². The molecule has 0 amide bonds. The number of nitrogens with zero attached hydrogens (tertiary/aromatic N) is 3. The first-order chi connectivity index (χ1) is 12.0. The van der Waals surface area contributed by atoms with Crippen molar-refractivity contribution in [3.05, 3.63) is 29.2 Å². The van der Waals surface area contributed by atoms with Gasteiger partial charge in [-0.2, -0.15) is 5.10 Å². The second-order valence-electron chi connectivity index (χ2n) is 8.07. The molecule has 0 spiro atoms. The number of pyridine rings is 1. The van der Waals surface area contributed by atoms with Crippen LogP contribution in [-0.4, -0.2) is 36.6 Å². The van der Waals surface area contributed by atoms with Crippen molar-refractivity contribution >= 4 is 17.3 Å². The highest BCUT2D eigenvalue weighted by Gasteiger charge is 2.29. The summed E-state index contributed by atoms with van der Waals surface area (Å²) in [5.74, 6) is 0. The molecule has 26 heavy (non-hydrogen) atoms. The zero-order valence-corrected chi connectivity index (χ0v) is 16.5. The van der Waals surface area contributed by atoms with Gasteiger partial charge in [-0.3, -0.25) is 4.68 Å². The van der Waals surface area contributed by atoms with E-state index >= 15 is 0 Å². The quantitative estimate of drug-likeness (QED) is 0.709. The predicted molar refractivity (Wildman–Crippen MR) is 103 cm³/mol. The number of rotatable bonds is 4. The molecular formula is C19H27ClN4O2. The maximum atomic E-state index is 10.3. The summed E-state index contributed by atoms with van der Waals surface area (Å²) >= 11 is 6.12. The van der Waals surface area contributed by atoms with Gasteiger partial charge in [0.2, 0.25) is 0 Å². The van der Waals surface area contributed by atoms with Crippen LogP contribution >= 0.6 is 11.6 Å². The smallest absolute Gasteiger partial charge is 0.131 e. The lowest BCUT2D eigenvalue weighted by atomic mass is 9.83. The average molecular weight is 379 g/mol. The number of aromatic nitrogens is 3. The number of nitrogens with one attached hydrogen (secondary N) is 1. The summed E-state index contributed by atoms with van der Waals surface area (Å²) in [6.07, 6.45) is 5.03. The van der Waals surface area contributed by atoms with Crippen LogP contribution in [0.15, 0.2) is 18.3 Å². The molecule has 1 aliphatic carbocycles. The Bertz CT molecular complexity index is 785. The third-order valence-electron chi connectivity index (χ3n) is 5.08. The monoisotopic (exact) mass is 378 g/mol. The van der Waals surface area contributed by atoms with Crippen molar-refractivity contribution in [3.8, 4) is 11.3 Å². The highest BCUT2D eigenvalue weighted by molar-refractivity contribution is 6.29. The molecule has 0 saturated heterocycles. The van der Waals surface area contributed by atoms with Gasteiger partial charge in [0.15, 0.2) is 0 Å². The summed E-state index contributed by atoms with van der Waals surface area (Å²) in [5, 5.41) is 29.0. The highest BCUT2D eigenvalue weighted by Crippen LogP contribution is 2.34. The third kappa shape index (κ3) is 4.19. The van der Waals surface area contributed by atoms with Gasteiger partial charge in [-0.15, -0.1) is 0 Å². The predicted octanol–water partition coefficient (Wildman–Crippen LogP) is 3.47. The Morgan fingerprint density at radius 2 is 1.96 bits per heavy atom. The lowest BCUT2D eigenvalue weighted by Crippen LogP contribution is -2.35. The van der Waals surface area contributed by atoms with Crippen LogP contribution in [0.5, 0.6) is 0 Å². The summed E-state index contributed by atoms with van der Waals surface area (Å²) in [7, 11) is 1.82. The molecule has 2 aromatic heterocycles. The summed E-state index contributed by atoms with van der Waals surface area (Å²) < 4.78 is 1.69. The molecule has 0 unspecified atom stereocenters. The van der Waals surface area contributed by atoms with E-state index in [1.54, 1.807) is 24.7 Å². The van der Waals surface area contributed by atoms with E-state index < -0.39 is 11.2 Å². The first kappa shape index (κ1) is 19.1. The van der Waals surface area contributed by atoms with Crippen molar-refractivity contribution in [2.45, 2.75) is 63.7 Å². The standard InChI is InChI=1S/C19H27ClN4O2/c1-18(2,25)16-9-15(23-24(16)4)13-11-21-17(20)10-14(13)22-12-5-7-19(3,26)8-6-12/h9-12,25-26H,5-8H2,1-4H3,(H,21,22). The lowest BCUT2D eigenvalue weighted by molar-refractivity contribution is 0.0196. The lowest BCUT2D eigenvalue weighted by Gasteiger charge is -2.34. The highest BCUT2D eigenvalue weighted by atomic mass is 35.5. The molecule has 3 N–H and O–H groups in total. The van der Waals surface area contributed by atoms with E-state index in [1.807, 2.05) is 26.1 Å². The van der Waals surface area contributed by atoms with Gasteiger partial charge in [0.25, 0.3) is 0 Å². The van der Waals surface area contributed by atoms with Crippen molar-refractivity contribution in [2.24, 2.45) is 7.05 Å². The molecule has 0 aliphatic heterocycles. The minimum atomic E-state index is -0.984. The van der Waals surface area contributed by atoms with Crippen molar-refractivity contribution in [3.63, 3.8) is 0 Å². The molecule has 6 nitrogen and oxygen atoms in total. The zero-order valence-electron chi connectivity index (χ0n) is 15.8. The third-order valence-corrected chi connectivity index (χ3v) is 5.28. The van der Waals surface area contributed by atoms with Gasteiger partial charge in [0.1, 0.15) is 10.8 Å². The van der Waals surface area contributed by atoms with Crippen LogP contribution in [0.4, 0.5) is 5.69 Å². The molecule has 0 atom stereocenters. The van der Waals surface area contributed by atoms with E-state index in [2.05, 4.69) is 15.4 Å². The van der Waals surface area contributed by atoms with Gasteiger partial charge < -0.3 is 15.5 Å². The minimum Gasteiger partial charge on any atom is -0.390 e. The number of aryl methyl sites for hydroxylation is 1. The fourth-order valence-electron chi connectivity index (χ4n) is 3.53. The average Bonchev–Trinajstić information content (AvgIpc) is 2.91. The molecule has 1 aliphatic rings. The Morgan fingerprint density at radius 3 is 2.54 bits per heavy atom. The Hall–Kier alpha value is -1.63. The van der Waals surface area contributed by atoms with Crippen LogP contribution in [0, 0.1) is 0 Å². The van der Waals surface area contributed by atoms with Crippen LogP contribution in [0.2, 0.25) is 5.15 Å². The van der Waals surface area contributed by atoms with Crippen LogP contribution in [0.1, 0.15) is 52.1 Å². The first-order valence-electron chi connectivity index (χ1n) is 8.97. The van der Waals surface area contributed by atoms with Gasteiger partial charge in [-0.05, 0) is 58.6 Å². The normalized spacial score (nSPS) is 23.9. The topological polar surface area (TPSA) is 83.2 Å². The SMILES string of the molecule is Cn1nc(-c2cnc(Cl)cc2NC2CCC(C)(O)CC2)cc1C(C)(C)O. The molecule has 2 aromatic rings. The second-order valence-corrected chi connectivity index (χ2v) is 8.45. The molecular weight excluding hydrogens is 352 g/mol. The van der Waals surface area contributed by atoms with E-state index in [-0.39, 0.29) is 6.04 Å². The number of halogens is 1. The Morgan fingerprint density at radius 1 is 1.31 bits per heavy atom. The largest absolute Gasteiger partial charge is 0.390 e. The van der Waals surface area contributed by atoms with E-state index in [0.717, 1.165) is 48.3 Å². The molecule has 0 aromatic carbocycles. The van der Waals surface area contributed by atoms with Crippen LogP contribution in [0.3, 0.4) is 0 Å². The van der Waals surface area contributed by atoms with Gasteiger partial charge >= 0.3 is 0 Å². The summed E-state index contributed by atoms with van der Waals surface area (Å²) in [6, 6.07) is 3.95. The van der Waals surface area contributed by atoms with E-state index in [0.29, 0.717) is 5.15 Å². The van der Waals surface area contributed by atoms with Crippen LogP contribution in [0.25, 0.3) is 11.3 Å². The molecule has 3 rings (SSSR count). The zero-order chi connectivity index (χ0) is 19.1. The summed E-state index contributed by atoms with van der Waals surface area (Å²) in [5.41, 5.74) is 1.62. The van der Waals surface area contributed by atoms with Crippen LogP contribution in [-0.2, 0) is 12.6 Å². The maximum Gasteiger partial charge on any atom is 0.131 e. The number of hydrogen-bond acceptors (Lipinski definition) is 5. The number of hydrogen-bond donors (Lipinski definition) is 3. The molecule has 0 radical (unpaired) electrons. The van der Waals surface area contributed by atoms with Crippen molar-refractivity contribution in [1.29, 1.82) is 0 Å². The van der Waals surface area contributed by atoms with Gasteiger partial charge in [-0.1, -0.05) is 11.6 Å².